The van der Waals surface area contributed by atoms with E-state index in [-0.39, 0.29) is 11.8 Å². The van der Waals surface area contributed by atoms with Crippen molar-refractivity contribution in [3.8, 4) is 0 Å². The molecule has 1 aliphatic heterocycles. The highest BCUT2D eigenvalue weighted by molar-refractivity contribution is 7.99. The van der Waals surface area contributed by atoms with Gasteiger partial charge in [-0.15, -0.1) is 23.1 Å². The van der Waals surface area contributed by atoms with Gasteiger partial charge in [0.05, 0.1) is 17.7 Å². The molecule has 0 bridgehead atoms. The van der Waals surface area contributed by atoms with Gasteiger partial charge in [0.1, 0.15) is 11.8 Å². The van der Waals surface area contributed by atoms with Gasteiger partial charge < -0.3 is 14.6 Å². The molecule has 0 aliphatic carbocycles. The van der Waals surface area contributed by atoms with Gasteiger partial charge in [0.15, 0.2) is 5.13 Å². The van der Waals surface area contributed by atoms with Crippen molar-refractivity contribution >= 4 is 40.0 Å². The third-order valence-corrected chi connectivity index (χ3v) is 5.23. The number of amides is 2. The van der Waals surface area contributed by atoms with Gasteiger partial charge in [-0.1, -0.05) is 0 Å². The summed E-state index contributed by atoms with van der Waals surface area (Å²) in [5.74, 6) is 1.27. The summed E-state index contributed by atoms with van der Waals surface area (Å²) in [6.07, 6.45) is 3.20. The monoisotopic (exact) mass is 337 g/mol. The van der Waals surface area contributed by atoms with Crippen LogP contribution in [0.25, 0.3) is 0 Å². The number of aryl methyl sites for hydroxylation is 2. The van der Waals surface area contributed by atoms with Crippen LogP contribution in [0.15, 0.2) is 22.9 Å². The van der Waals surface area contributed by atoms with Crippen molar-refractivity contribution in [2.75, 3.05) is 16.9 Å². The summed E-state index contributed by atoms with van der Waals surface area (Å²) >= 11 is 2.98. The van der Waals surface area contributed by atoms with Crippen molar-refractivity contribution < 1.29 is 14.0 Å². The van der Waals surface area contributed by atoms with Crippen LogP contribution in [0.3, 0.4) is 0 Å². The maximum atomic E-state index is 12.6. The fourth-order valence-corrected chi connectivity index (χ4v) is 4.04. The Labute approximate surface area is 135 Å². The van der Waals surface area contributed by atoms with E-state index in [9.17, 15) is 9.59 Å². The quantitative estimate of drug-likeness (QED) is 0.931. The van der Waals surface area contributed by atoms with Crippen LogP contribution in [0.5, 0.6) is 0 Å². The van der Waals surface area contributed by atoms with E-state index in [0.717, 1.165) is 4.88 Å². The smallest absolute Gasteiger partial charge is 0.258 e. The summed E-state index contributed by atoms with van der Waals surface area (Å²) < 4.78 is 5.18. The van der Waals surface area contributed by atoms with E-state index in [1.807, 2.05) is 6.92 Å². The van der Waals surface area contributed by atoms with Gasteiger partial charge in [-0.3, -0.25) is 9.59 Å². The largest absolute Gasteiger partial charge is 0.469 e. The predicted molar refractivity (Wildman–Crippen MR) is 86.2 cm³/mol. The molecule has 116 valence electrons. The zero-order valence-electron chi connectivity index (χ0n) is 12.2. The standard InChI is InChI=1S/C14H15N3O3S2/c1-8-5-15-14(22-8)16-12(18)11-6-21-7-17(11)13(19)10-3-4-20-9(10)2/h3-5,11H,6-7H2,1-2H3,(H,15,16,18)/t11-/m1/s1. The lowest BCUT2D eigenvalue weighted by molar-refractivity contribution is -0.119. The van der Waals surface area contributed by atoms with E-state index < -0.39 is 6.04 Å². The first-order chi connectivity index (χ1) is 10.6. The second-order valence-electron chi connectivity index (χ2n) is 4.95. The normalized spacial score (nSPS) is 17.7. The van der Waals surface area contributed by atoms with Crippen molar-refractivity contribution in [3.63, 3.8) is 0 Å². The van der Waals surface area contributed by atoms with Crippen LogP contribution in [-0.2, 0) is 4.79 Å². The Morgan fingerprint density at radius 1 is 1.45 bits per heavy atom. The first kappa shape index (κ1) is 15.1. The van der Waals surface area contributed by atoms with Crippen molar-refractivity contribution in [1.29, 1.82) is 0 Å². The lowest BCUT2D eigenvalue weighted by Gasteiger charge is -2.22. The Morgan fingerprint density at radius 3 is 2.91 bits per heavy atom. The van der Waals surface area contributed by atoms with Gasteiger partial charge in [0, 0.05) is 16.8 Å². The van der Waals surface area contributed by atoms with E-state index in [4.69, 9.17) is 4.42 Å². The number of thiazole rings is 1. The zero-order chi connectivity index (χ0) is 15.7. The third-order valence-electron chi connectivity index (χ3n) is 3.39. The van der Waals surface area contributed by atoms with Crippen LogP contribution in [-0.4, -0.2) is 39.4 Å². The summed E-state index contributed by atoms with van der Waals surface area (Å²) in [5.41, 5.74) is 0.505. The second-order valence-corrected chi connectivity index (χ2v) is 7.18. The van der Waals surface area contributed by atoms with Crippen molar-refractivity contribution in [1.82, 2.24) is 9.88 Å². The molecule has 1 aliphatic rings. The predicted octanol–water partition coefficient (Wildman–Crippen LogP) is 2.51. The lowest BCUT2D eigenvalue weighted by Crippen LogP contribution is -2.44. The van der Waals surface area contributed by atoms with Crippen LogP contribution in [0.2, 0.25) is 0 Å². The zero-order valence-corrected chi connectivity index (χ0v) is 13.8. The minimum atomic E-state index is -0.490. The topological polar surface area (TPSA) is 75.4 Å². The van der Waals surface area contributed by atoms with E-state index in [0.29, 0.717) is 28.1 Å². The van der Waals surface area contributed by atoms with Gasteiger partial charge in [0.2, 0.25) is 5.91 Å². The van der Waals surface area contributed by atoms with Crippen LogP contribution >= 0.6 is 23.1 Å². The average Bonchev–Trinajstić information content (AvgIpc) is 3.19. The molecule has 0 unspecified atom stereocenters. The molecule has 1 fully saturated rings. The van der Waals surface area contributed by atoms with E-state index >= 15 is 0 Å². The SMILES string of the molecule is Cc1cnc(NC(=O)[C@H]2CSCN2C(=O)c2ccoc2C)s1. The van der Waals surface area contributed by atoms with Gasteiger partial charge >= 0.3 is 0 Å². The molecule has 22 heavy (non-hydrogen) atoms. The highest BCUT2D eigenvalue weighted by Gasteiger charge is 2.36. The van der Waals surface area contributed by atoms with Crippen molar-refractivity contribution in [2.45, 2.75) is 19.9 Å². The number of nitrogens with one attached hydrogen (secondary N) is 1. The Kier molecular flexibility index (Phi) is 4.21. The van der Waals surface area contributed by atoms with Crippen LogP contribution in [0, 0.1) is 13.8 Å². The van der Waals surface area contributed by atoms with E-state index in [2.05, 4.69) is 10.3 Å². The van der Waals surface area contributed by atoms with Crippen LogP contribution in [0.4, 0.5) is 5.13 Å². The minimum absolute atomic E-state index is 0.174. The van der Waals surface area contributed by atoms with Crippen molar-refractivity contribution in [3.05, 3.63) is 34.7 Å². The van der Waals surface area contributed by atoms with Gasteiger partial charge in [-0.25, -0.2) is 4.98 Å². The summed E-state index contributed by atoms with van der Waals surface area (Å²) in [6.45, 7) is 3.67. The molecule has 2 amide bonds. The highest BCUT2D eigenvalue weighted by atomic mass is 32.2. The number of hydrogen-bond acceptors (Lipinski definition) is 6. The summed E-state index contributed by atoms with van der Waals surface area (Å²) in [4.78, 5) is 31.7. The molecule has 2 aromatic rings. The lowest BCUT2D eigenvalue weighted by atomic mass is 10.2. The molecule has 0 saturated carbocycles. The Hall–Kier alpha value is -1.80. The van der Waals surface area contributed by atoms with Crippen LogP contribution < -0.4 is 5.32 Å². The number of anilines is 1. The minimum Gasteiger partial charge on any atom is -0.469 e. The van der Waals surface area contributed by atoms with Gasteiger partial charge in [0.25, 0.3) is 5.91 Å². The maximum Gasteiger partial charge on any atom is 0.258 e. The fraction of sp³-hybridized carbons (Fsp3) is 0.357. The second kappa shape index (κ2) is 6.13. The number of nitrogens with zero attached hydrogens (tertiary/aromatic N) is 2. The number of hydrogen-bond donors (Lipinski definition) is 1. The van der Waals surface area contributed by atoms with Gasteiger partial charge in [-0.05, 0) is 19.9 Å². The summed E-state index contributed by atoms with van der Waals surface area (Å²) in [7, 11) is 0. The third kappa shape index (κ3) is 2.89. The van der Waals surface area contributed by atoms with E-state index in [1.165, 1.54) is 17.6 Å². The number of furan rings is 1. The molecular formula is C14H15N3O3S2. The van der Waals surface area contributed by atoms with E-state index in [1.54, 1.807) is 35.8 Å². The molecule has 0 radical (unpaired) electrons. The molecule has 3 rings (SSSR count). The molecule has 6 nitrogen and oxygen atoms in total. The average molecular weight is 337 g/mol. The molecule has 1 atom stereocenters. The number of carbonyl (C=O) groups excluding carboxylic acids is 2. The Balaban J connectivity index is 1.74. The number of carbonyl (C=O) groups is 2. The van der Waals surface area contributed by atoms with Crippen LogP contribution in [0.1, 0.15) is 21.0 Å². The number of rotatable bonds is 3. The molecule has 3 heterocycles. The fourth-order valence-electron chi connectivity index (χ4n) is 2.22. The molecule has 8 heteroatoms. The molecule has 1 saturated heterocycles. The molecule has 0 spiro atoms. The first-order valence-corrected chi connectivity index (χ1v) is 8.69. The Morgan fingerprint density at radius 2 is 2.27 bits per heavy atom. The molecule has 1 N–H and O–H groups in total. The molecule has 0 aromatic carbocycles. The summed E-state index contributed by atoms with van der Waals surface area (Å²) in [6, 6.07) is 1.15. The number of thioether (sulfide) groups is 1. The van der Waals surface area contributed by atoms with Crippen molar-refractivity contribution in [2.24, 2.45) is 0 Å². The Bertz CT molecular complexity index is 710. The molecule has 2 aromatic heterocycles. The number of aromatic nitrogens is 1. The maximum absolute atomic E-state index is 12.6. The first-order valence-electron chi connectivity index (χ1n) is 6.72. The van der Waals surface area contributed by atoms with Gasteiger partial charge in [-0.2, -0.15) is 0 Å². The highest BCUT2D eigenvalue weighted by Crippen LogP contribution is 2.26. The summed E-state index contributed by atoms with van der Waals surface area (Å²) in [5, 5.41) is 3.35. The molecular weight excluding hydrogens is 322 g/mol.